The minimum Gasteiger partial charge on any atom is -0.508 e. The van der Waals surface area contributed by atoms with Crippen LogP contribution in [-0.2, 0) is 0 Å². The van der Waals surface area contributed by atoms with E-state index < -0.39 is 12.1 Å². The third kappa shape index (κ3) is 3.55. The highest BCUT2D eigenvalue weighted by Crippen LogP contribution is 2.38. The molecule has 0 radical (unpaired) electrons. The van der Waals surface area contributed by atoms with Gasteiger partial charge in [-0.25, -0.2) is 0 Å². The fraction of sp³-hybridized carbons (Fsp3) is 0.571. The molecule has 2 rings (SSSR count). The van der Waals surface area contributed by atoms with Crippen LogP contribution in [0.1, 0.15) is 31.2 Å². The second-order valence-electron chi connectivity index (χ2n) is 5.25. The van der Waals surface area contributed by atoms with Gasteiger partial charge in [-0.2, -0.15) is 13.2 Å². The van der Waals surface area contributed by atoms with Crippen molar-refractivity contribution in [2.75, 3.05) is 5.32 Å². The predicted octanol–water partition coefficient (Wildman–Crippen LogP) is 4.23. The molecule has 1 aromatic carbocycles. The van der Waals surface area contributed by atoms with Crippen molar-refractivity contribution >= 4 is 5.69 Å². The summed E-state index contributed by atoms with van der Waals surface area (Å²) in [7, 11) is 0. The van der Waals surface area contributed by atoms with Crippen LogP contribution in [0.25, 0.3) is 0 Å². The van der Waals surface area contributed by atoms with Gasteiger partial charge in [0.1, 0.15) is 5.75 Å². The zero-order valence-corrected chi connectivity index (χ0v) is 10.8. The van der Waals surface area contributed by atoms with Crippen molar-refractivity contribution in [1.82, 2.24) is 0 Å². The molecule has 0 bridgehead atoms. The van der Waals surface area contributed by atoms with Gasteiger partial charge in [0, 0.05) is 17.8 Å². The molecule has 1 fully saturated rings. The van der Waals surface area contributed by atoms with Crippen molar-refractivity contribution in [3.8, 4) is 5.75 Å². The molecule has 2 atom stereocenters. The highest BCUT2D eigenvalue weighted by molar-refractivity contribution is 5.51. The Morgan fingerprint density at radius 1 is 1.26 bits per heavy atom. The number of benzene rings is 1. The molecule has 2 unspecified atom stereocenters. The van der Waals surface area contributed by atoms with E-state index in [1.807, 2.05) is 0 Å². The van der Waals surface area contributed by atoms with Crippen molar-refractivity contribution in [2.24, 2.45) is 5.92 Å². The zero-order valence-electron chi connectivity index (χ0n) is 10.8. The van der Waals surface area contributed by atoms with Gasteiger partial charge in [-0.1, -0.05) is 12.5 Å². The molecule has 1 aliphatic carbocycles. The normalized spacial score (nSPS) is 24.2. The minimum atomic E-state index is -4.10. The van der Waals surface area contributed by atoms with Gasteiger partial charge < -0.3 is 10.4 Å². The molecule has 0 saturated heterocycles. The Morgan fingerprint density at radius 2 is 2.00 bits per heavy atom. The Balaban J connectivity index is 2.00. The largest absolute Gasteiger partial charge is 0.508 e. The molecule has 2 nitrogen and oxygen atoms in total. The summed E-state index contributed by atoms with van der Waals surface area (Å²) in [5.74, 6) is -1.05. The first-order chi connectivity index (χ1) is 8.86. The number of alkyl halides is 3. The summed E-state index contributed by atoms with van der Waals surface area (Å²) in [6.07, 6.45) is -2.45. The highest BCUT2D eigenvalue weighted by atomic mass is 19.4. The number of phenolic OH excluding ortho intramolecular Hbond substituents is 1. The van der Waals surface area contributed by atoms with Crippen LogP contribution in [0.3, 0.4) is 0 Å². The molecule has 0 aromatic heterocycles. The second-order valence-corrected chi connectivity index (χ2v) is 5.25. The van der Waals surface area contributed by atoms with Gasteiger partial charge in [0.25, 0.3) is 0 Å². The average Bonchev–Trinajstić information content (AvgIpc) is 2.33. The van der Waals surface area contributed by atoms with Gasteiger partial charge in [0.2, 0.25) is 0 Å². The van der Waals surface area contributed by atoms with Crippen molar-refractivity contribution in [2.45, 2.75) is 44.8 Å². The summed E-state index contributed by atoms with van der Waals surface area (Å²) >= 11 is 0. The van der Waals surface area contributed by atoms with E-state index >= 15 is 0 Å². The van der Waals surface area contributed by atoms with Crippen LogP contribution in [0.5, 0.6) is 5.75 Å². The Kier molecular flexibility index (Phi) is 3.92. The Bertz CT molecular complexity index is 445. The van der Waals surface area contributed by atoms with E-state index in [0.717, 1.165) is 12.0 Å². The Morgan fingerprint density at radius 3 is 2.63 bits per heavy atom. The summed E-state index contributed by atoms with van der Waals surface area (Å²) in [6.45, 7) is 1.78. The van der Waals surface area contributed by atoms with Crippen LogP contribution in [0, 0.1) is 12.8 Å². The number of hydrogen-bond acceptors (Lipinski definition) is 2. The molecule has 0 amide bonds. The summed E-state index contributed by atoms with van der Waals surface area (Å²) in [5, 5.41) is 12.7. The minimum absolute atomic E-state index is 0.109. The van der Waals surface area contributed by atoms with E-state index in [0.29, 0.717) is 12.1 Å². The number of nitrogens with one attached hydrogen (secondary N) is 1. The van der Waals surface area contributed by atoms with Crippen molar-refractivity contribution in [3.05, 3.63) is 23.8 Å². The summed E-state index contributed by atoms with van der Waals surface area (Å²) in [4.78, 5) is 0. The number of aromatic hydroxyl groups is 1. The van der Waals surface area contributed by atoms with Gasteiger partial charge in [0.15, 0.2) is 0 Å². The molecule has 2 N–H and O–H groups in total. The lowest BCUT2D eigenvalue weighted by Gasteiger charge is -2.31. The second kappa shape index (κ2) is 5.31. The maximum Gasteiger partial charge on any atom is 0.391 e. The van der Waals surface area contributed by atoms with Gasteiger partial charge in [0.05, 0.1) is 5.92 Å². The number of hydrogen-bond donors (Lipinski definition) is 2. The Labute approximate surface area is 110 Å². The van der Waals surface area contributed by atoms with Crippen LogP contribution >= 0.6 is 0 Å². The molecular formula is C14H18F3NO. The van der Waals surface area contributed by atoms with Crippen LogP contribution in [0.15, 0.2) is 18.2 Å². The first-order valence-corrected chi connectivity index (χ1v) is 6.49. The average molecular weight is 273 g/mol. The molecule has 0 aliphatic heterocycles. The molecule has 1 aromatic rings. The summed E-state index contributed by atoms with van der Waals surface area (Å²) in [6, 6.07) is 4.92. The molecular weight excluding hydrogens is 255 g/mol. The van der Waals surface area contributed by atoms with Crippen molar-refractivity contribution in [3.63, 3.8) is 0 Å². The number of anilines is 1. The number of aryl methyl sites for hydroxylation is 1. The van der Waals surface area contributed by atoms with Crippen LogP contribution in [-0.4, -0.2) is 17.3 Å². The van der Waals surface area contributed by atoms with E-state index in [9.17, 15) is 18.3 Å². The van der Waals surface area contributed by atoms with E-state index in [1.54, 1.807) is 25.1 Å². The lowest BCUT2D eigenvalue weighted by atomic mass is 9.85. The fourth-order valence-corrected chi connectivity index (χ4v) is 2.55. The smallest absolute Gasteiger partial charge is 0.391 e. The molecule has 1 saturated carbocycles. The van der Waals surface area contributed by atoms with Crippen LogP contribution < -0.4 is 5.32 Å². The highest BCUT2D eigenvalue weighted by Gasteiger charge is 2.42. The van der Waals surface area contributed by atoms with Gasteiger partial charge in [-0.15, -0.1) is 0 Å². The Hall–Kier alpha value is -1.39. The third-order valence-electron chi connectivity index (χ3n) is 3.72. The maximum absolute atomic E-state index is 12.7. The van der Waals surface area contributed by atoms with E-state index in [1.165, 1.54) is 0 Å². The lowest BCUT2D eigenvalue weighted by molar-refractivity contribution is -0.182. The van der Waals surface area contributed by atoms with Crippen molar-refractivity contribution in [1.29, 1.82) is 0 Å². The summed E-state index contributed by atoms with van der Waals surface area (Å²) in [5.41, 5.74) is 1.43. The van der Waals surface area contributed by atoms with Crippen LogP contribution in [0.4, 0.5) is 18.9 Å². The quantitative estimate of drug-likeness (QED) is 0.845. The number of halogens is 3. The predicted molar refractivity (Wildman–Crippen MR) is 68.3 cm³/mol. The topological polar surface area (TPSA) is 32.3 Å². The first kappa shape index (κ1) is 14.0. The molecule has 5 heteroatoms. The van der Waals surface area contributed by atoms with E-state index in [4.69, 9.17) is 0 Å². The van der Waals surface area contributed by atoms with Gasteiger partial charge >= 0.3 is 6.18 Å². The molecule has 1 aliphatic rings. The molecule has 0 spiro atoms. The number of rotatable bonds is 2. The maximum atomic E-state index is 12.7. The third-order valence-corrected chi connectivity index (χ3v) is 3.72. The molecule has 106 valence electrons. The SMILES string of the molecule is Cc1ccc(NC2CCCC(C(F)(F)F)C2)cc1O. The fourth-order valence-electron chi connectivity index (χ4n) is 2.55. The first-order valence-electron chi connectivity index (χ1n) is 6.49. The van der Waals surface area contributed by atoms with E-state index in [2.05, 4.69) is 5.32 Å². The van der Waals surface area contributed by atoms with Crippen molar-refractivity contribution < 1.29 is 18.3 Å². The summed E-state index contributed by atoms with van der Waals surface area (Å²) < 4.78 is 38.1. The van der Waals surface area contributed by atoms with Gasteiger partial charge in [-0.05, 0) is 37.8 Å². The van der Waals surface area contributed by atoms with Gasteiger partial charge in [-0.3, -0.25) is 0 Å². The zero-order chi connectivity index (χ0) is 14.0. The monoisotopic (exact) mass is 273 g/mol. The molecule has 0 heterocycles. The number of phenols is 1. The van der Waals surface area contributed by atoms with Crippen LogP contribution in [0.2, 0.25) is 0 Å². The van der Waals surface area contributed by atoms with E-state index in [-0.39, 0.29) is 24.6 Å². The lowest BCUT2D eigenvalue weighted by Crippen LogP contribution is -2.34. The molecule has 19 heavy (non-hydrogen) atoms. The standard InChI is InChI=1S/C14H18F3NO/c1-9-5-6-12(8-13(9)19)18-11-4-2-3-10(7-11)14(15,16)17/h5-6,8,10-11,18-19H,2-4,7H2,1H3.